The van der Waals surface area contributed by atoms with E-state index in [1.165, 1.54) is 0 Å². The van der Waals surface area contributed by atoms with Crippen LogP contribution in [0.1, 0.15) is 26.4 Å². The molecule has 176 valence electrons. The number of imidazole rings is 1. The summed E-state index contributed by atoms with van der Waals surface area (Å²) in [5.41, 5.74) is 5.17. The van der Waals surface area contributed by atoms with Crippen molar-refractivity contribution in [2.45, 2.75) is 6.92 Å². The molecule has 8 heteroatoms. The summed E-state index contributed by atoms with van der Waals surface area (Å²) in [7, 11) is 0. The molecule has 7 nitrogen and oxygen atoms in total. The number of furan rings is 1. The fraction of sp³-hybridized carbons (Fsp3) is 0.0357. The quantitative estimate of drug-likeness (QED) is 0.258. The van der Waals surface area contributed by atoms with Crippen molar-refractivity contribution >= 4 is 66.6 Å². The number of rotatable bonds is 4. The molecule has 2 N–H and O–H groups in total. The van der Waals surface area contributed by atoms with Crippen LogP contribution in [0.15, 0.2) is 94.2 Å². The summed E-state index contributed by atoms with van der Waals surface area (Å²) in [4.78, 5) is 30.1. The summed E-state index contributed by atoms with van der Waals surface area (Å²) in [6.45, 7) is 1.89. The number of carbonyl (C=O) groups excluding carboxylic acids is 2. The Kier molecular flexibility index (Phi) is 5.30. The first kappa shape index (κ1) is 22.1. The van der Waals surface area contributed by atoms with Crippen LogP contribution in [0, 0.1) is 6.92 Å². The summed E-state index contributed by atoms with van der Waals surface area (Å²) >= 11 is 3.41. The van der Waals surface area contributed by atoms with Crippen molar-refractivity contribution in [2.24, 2.45) is 0 Å². The summed E-state index contributed by atoms with van der Waals surface area (Å²) in [6, 6.07) is 22.4. The van der Waals surface area contributed by atoms with Gasteiger partial charge in [0.15, 0.2) is 5.69 Å². The maximum Gasteiger partial charge on any atom is 0.276 e. The molecule has 36 heavy (non-hydrogen) atoms. The zero-order valence-corrected chi connectivity index (χ0v) is 20.7. The van der Waals surface area contributed by atoms with E-state index in [-0.39, 0.29) is 17.5 Å². The summed E-state index contributed by atoms with van der Waals surface area (Å²) in [5, 5.41) is 7.76. The second kappa shape index (κ2) is 8.66. The van der Waals surface area contributed by atoms with Crippen LogP contribution in [-0.4, -0.2) is 21.2 Å². The van der Waals surface area contributed by atoms with E-state index in [4.69, 9.17) is 4.42 Å². The van der Waals surface area contributed by atoms with Crippen LogP contribution in [0.4, 0.5) is 11.4 Å². The molecule has 0 saturated carbocycles. The van der Waals surface area contributed by atoms with E-state index in [0.717, 1.165) is 32.0 Å². The number of anilines is 2. The van der Waals surface area contributed by atoms with Crippen LogP contribution in [0.3, 0.4) is 0 Å². The number of amides is 2. The fourth-order valence-electron chi connectivity index (χ4n) is 4.32. The monoisotopic (exact) mass is 538 g/mol. The van der Waals surface area contributed by atoms with Crippen molar-refractivity contribution in [3.05, 3.63) is 107 Å². The van der Waals surface area contributed by atoms with E-state index in [2.05, 4.69) is 31.5 Å². The molecule has 0 bridgehead atoms. The molecule has 0 fully saturated rings. The van der Waals surface area contributed by atoms with Gasteiger partial charge in [0.1, 0.15) is 17.5 Å². The highest BCUT2D eigenvalue weighted by Gasteiger charge is 2.16. The highest BCUT2D eigenvalue weighted by Crippen LogP contribution is 2.30. The van der Waals surface area contributed by atoms with Crippen molar-refractivity contribution < 1.29 is 14.0 Å². The van der Waals surface area contributed by atoms with E-state index in [1.54, 1.807) is 41.2 Å². The average Bonchev–Trinajstić information content (AvgIpc) is 3.45. The topological polar surface area (TPSA) is 88.6 Å². The third-order valence-electron chi connectivity index (χ3n) is 6.07. The molecule has 3 heterocycles. The highest BCUT2D eigenvalue weighted by molar-refractivity contribution is 9.10. The van der Waals surface area contributed by atoms with Gasteiger partial charge in [-0.2, -0.15) is 0 Å². The largest absolute Gasteiger partial charge is 0.456 e. The number of nitrogens with zero attached hydrogens (tertiary/aromatic N) is 2. The zero-order chi connectivity index (χ0) is 24.8. The number of fused-ring (bicyclic) bond motifs is 4. The Hall–Kier alpha value is -4.43. The molecule has 0 radical (unpaired) electrons. The molecule has 0 unspecified atom stereocenters. The summed E-state index contributed by atoms with van der Waals surface area (Å²) < 4.78 is 8.49. The van der Waals surface area contributed by atoms with Crippen molar-refractivity contribution in [3.8, 4) is 0 Å². The van der Waals surface area contributed by atoms with Crippen molar-refractivity contribution in [1.82, 2.24) is 9.38 Å². The smallest absolute Gasteiger partial charge is 0.276 e. The van der Waals surface area contributed by atoms with Crippen molar-refractivity contribution in [1.29, 1.82) is 0 Å². The lowest BCUT2D eigenvalue weighted by molar-refractivity contribution is 0.101. The lowest BCUT2D eigenvalue weighted by Crippen LogP contribution is -2.14. The van der Waals surface area contributed by atoms with E-state index in [1.807, 2.05) is 55.5 Å². The van der Waals surface area contributed by atoms with E-state index in [9.17, 15) is 9.59 Å². The Labute approximate surface area is 213 Å². The number of para-hydroxylation sites is 1. The highest BCUT2D eigenvalue weighted by atomic mass is 79.9. The Morgan fingerprint density at radius 2 is 1.64 bits per heavy atom. The van der Waals surface area contributed by atoms with Crippen LogP contribution >= 0.6 is 15.9 Å². The summed E-state index contributed by atoms with van der Waals surface area (Å²) in [6.07, 6.45) is 3.28. The van der Waals surface area contributed by atoms with Crippen LogP contribution in [0.5, 0.6) is 0 Å². The van der Waals surface area contributed by atoms with E-state index in [0.29, 0.717) is 22.5 Å². The predicted molar refractivity (Wildman–Crippen MR) is 144 cm³/mol. The molecule has 0 saturated heterocycles. The minimum Gasteiger partial charge on any atom is -0.456 e. The van der Waals surface area contributed by atoms with Gasteiger partial charge in [-0.25, -0.2) is 4.98 Å². The first-order valence-corrected chi connectivity index (χ1v) is 12.0. The zero-order valence-electron chi connectivity index (χ0n) is 19.1. The Morgan fingerprint density at radius 3 is 2.50 bits per heavy atom. The number of pyridine rings is 1. The third-order valence-corrected chi connectivity index (χ3v) is 6.56. The molecule has 2 amide bonds. The van der Waals surface area contributed by atoms with Gasteiger partial charge in [0.2, 0.25) is 0 Å². The number of hydrogen-bond donors (Lipinski definition) is 2. The third kappa shape index (κ3) is 3.91. The number of hydrogen-bond acceptors (Lipinski definition) is 4. The van der Waals surface area contributed by atoms with Gasteiger partial charge in [-0.15, -0.1) is 0 Å². The first-order valence-electron chi connectivity index (χ1n) is 11.2. The second-order valence-corrected chi connectivity index (χ2v) is 9.40. The van der Waals surface area contributed by atoms with Crippen LogP contribution in [0.2, 0.25) is 0 Å². The summed E-state index contributed by atoms with van der Waals surface area (Å²) in [5.74, 6) is -0.536. The Balaban J connectivity index is 1.24. The van der Waals surface area contributed by atoms with E-state index >= 15 is 0 Å². The van der Waals surface area contributed by atoms with Crippen LogP contribution in [0.25, 0.3) is 27.5 Å². The SMILES string of the molecule is Cc1cc(Br)ccc1C(=O)Nc1ccc2c(C(=O)Nc3ccc4oc5ccccc5c4c3)ncn2c1. The molecular formula is C28H19BrN4O3. The fourth-order valence-corrected chi connectivity index (χ4v) is 4.80. The molecule has 0 aliphatic carbocycles. The molecule has 6 rings (SSSR count). The molecule has 6 aromatic rings. The maximum absolute atomic E-state index is 13.1. The lowest BCUT2D eigenvalue weighted by Gasteiger charge is -2.09. The van der Waals surface area contributed by atoms with Gasteiger partial charge in [-0.1, -0.05) is 34.1 Å². The minimum absolute atomic E-state index is 0.209. The van der Waals surface area contributed by atoms with Gasteiger partial charge < -0.3 is 19.5 Å². The lowest BCUT2D eigenvalue weighted by atomic mass is 10.1. The van der Waals surface area contributed by atoms with Gasteiger partial charge in [0.25, 0.3) is 11.8 Å². The number of halogens is 1. The molecule has 0 aliphatic heterocycles. The van der Waals surface area contributed by atoms with Gasteiger partial charge in [-0.3, -0.25) is 9.59 Å². The Bertz CT molecular complexity index is 1820. The second-order valence-electron chi connectivity index (χ2n) is 8.48. The normalized spacial score (nSPS) is 11.3. The first-order chi connectivity index (χ1) is 17.5. The predicted octanol–water partition coefficient (Wildman–Crippen LogP) is 6.81. The minimum atomic E-state index is -0.327. The van der Waals surface area contributed by atoms with Crippen LogP contribution < -0.4 is 10.6 Å². The van der Waals surface area contributed by atoms with Gasteiger partial charge >= 0.3 is 0 Å². The van der Waals surface area contributed by atoms with E-state index < -0.39 is 0 Å². The molecule has 3 aromatic carbocycles. The van der Waals surface area contributed by atoms with Gasteiger partial charge in [-0.05, 0) is 67.1 Å². The molecule has 3 aromatic heterocycles. The molecule has 0 aliphatic rings. The van der Waals surface area contributed by atoms with Gasteiger partial charge in [0.05, 0.1) is 11.2 Å². The Morgan fingerprint density at radius 1 is 0.861 bits per heavy atom. The van der Waals surface area contributed by atoms with Crippen LogP contribution in [-0.2, 0) is 0 Å². The molecular weight excluding hydrogens is 520 g/mol. The standard InChI is InChI=1S/C28H19BrN4O3/c1-16-12-17(29)6-9-20(16)27(34)32-19-7-10-23-26(30-15-33(23)14-19)28(35)31-18-8-11-25-22(13-18)21-4-2-3-5-24(21)36-25/h2-15H,1H3,(H,31,35)(H,32,34). The number of aryl methyl sites for hydroxylation is 1. The average molecular weight is 539 g/mol. The number of carbonyl (C=O) groups is 2. The van der Waals surface area contributed by atoms with Crippen molar-refractivity contribution in [2.75, 3.05) is 10.6 Å². The number of nitrogens with one attached hydrogen (secondary N) is 2. The maximum atomic E-state index is 13.1. The van der Waals surface area contributed by atoms with Crippen molar-refractivity contribution in [3.63, 3.8) is 0 Å². The molecule has 0 atom stereocenters. The van der Waals surface area contributed by atoms with Gasteiger partial charge in [0, 0.05) is 32.7 Å². The molecule has 0 spiro atoms. The number of aromatic nitrogens is 2. The number of benzene rings is 3.